The van der Waals surface area contributed by atoms with Crippen LogP contribution in [0.25, 0.3) is 0 Å². The Kier molecular flexibility index (Phi) is 6.68. The van der Waals surface area contributed by atoms with Gasteiger partial charge in [-0.3, -0.25) is 9.69 Å². The summed E-state index contributed by atoms with van der Waals surface area (Å²) >= 11 is 0. The average Bonchev–Trinajstić information content (AvgIpc) is 2.82. The Morgan fingerprint density at radius 3 is 2.19 bits per heavy atom. The zero-order valence-electron chi connectivity index (χ0n) is 18.3. The molecule has 4 heteroatoms. The number of piperidine rings is 1. The largest absolute Gasteiger partial charge is 0.497 e. The standard InChI is InChI=1S/C27H30N2O2/c1-21-8-10-22(11-9-21)20-28-18-16-25(17-19-28)29(24-6-4-3-5-7-24)27(30)23-12-14-26(31-2)15-13-23/h3-15,25H,16-20H2,1-2H3. The Morgan fingerprint density at radius 2 is 1.58 bits per heavy atom. The van der Waals surface area contributed by atoms with Crippen molar-refractivity contribution in [2.45, 2.75) is 32.4 Å². The van der Waals surface area contributed by atoms with Crippen LogP contribution in [0.2, 0.25) is 0 Å². The molecule has 1 fully saturated rings. The van der Waals surface area contributed by atoms with E-state index in [-0.39, 0.29) is 11.9 Å². The van der Waals surface area contributed by atoms with Gasteiger partial charge in [0.2, 0.25) is 0 Å². The summed E-state index contributed by atoms with van der Waals surface area (Å²) in [5.74, 6) is 0.804. The fraction of sp³-hybridized carbons (Fsp3) is 0.296. The number of hydrogen-bond acceptors (Lipinski definition) is 3. The number of hydrogen-bond donors (Lipinski definition) is 0. The Labute approximate surface area is 185 Å². The molecule has 4 rings (SSSR count). The van der Waals surface area contributed by atoms with Crippen LogP contribution in [0, 0.1) is 6.92 Å². The number of amides is 1. The highest BCUT2D eigenvalue weighted by Crippen LogP contribution is 2.27. The molecule has 1 aliphatic rings. The van der Waals surface area contributed by atoms with Gasteiger partial charge in [0.05, 0.1) is 7.11 Å². The minimum Gasteiger partial charge on any atom is -0.497 e. The van der Waals surface area contributed by atoms with Gasteiger partial charge in [0.15, 0.2) is 0 Å². The first kappa shape index (κ1) is 21.1. The van der Waals surface area contributed by atoms with Crippen LogP contribution >= 0.6 is 0 Å². The van der Waals surface area contributed by atoms with Crippen LogP contribution in [-0.4, -0.2) is 37.0 Å². The third kappa shape index (κ3) is 5.15. The van der Waals surface area contributed by atoms with Crippen LogP contribution in [0.5, 0.6) is 5.75 Å². The summed E-state index contributed by atoms with van der Waals surface area (Å²) < 4.78 is 5.25. The van der Waals surface area contributed by atoms with E-state index in [1.54, 1.807) is 7.11 Å². The highest BCUT2D eigenvalue weighted by atomic mass is 16.5. The van der Waals surface area contributed by atoms with Crippen molar-refractivity contribution in [3.05, 3.63) is 95.6 Å². The fourth-order valence-electron chi connectivity index (χ4n) is 4.24. The topological polar surface area (TPSA) is 32.8 Å². The number of carbonyl (C=O) groups excluding carboxylic acids is 1. The van der Waals surface area contributed by atoms with Crippen LogP contribution in [0.3, 0.4) is 0 Å². The molecule has 0 atom stereocenters. The Morgan fingerprint density at radius 1 is 0.935 bits per heavy atom. The zero-order valence-corrected chi connectivity index (χ0v) is 18.3. The second kappa shape index (κ2) is 9.80. The number of aryl methyl sites for hydroxylation is 1. The van der Waals surface area contributed by atoms with E-state index in [1.165, 1.54) is 11.1 Å². The van der Waals surface area contributed by atoms with E-state index >= 15 is 0 Å². The number of ether oxygens (including phenoxy) is 1. The van der Waals surface area contributed by atoms with E-state index in [0.29, 0.717) is 5.56 Å². The number of rotatable bonds is 6. The van der Waals surface area contributed by atoms with Gasteiger partial charge in [-0.25, -0.2) is 0 Å². The molecule has 1 heterocycles. The van der Waals surface area contributed by atoms with Crippen molar-refractivity contribution in [2.75, 3.05) is 25.1 Å². The predicted octanol–water partition coefficient (Wildman–Crippen LogP) is 5.32. The summed E-state index contributed by atoms with van der Waals surface area (Å²) in [5, 5.41) is 0. The predicted molar refractivity (Wildman–Crippen MR) is 126 cm³/mol. The summed E-state index contributed by atoms with van der Waals surface area (Å²) in [7, 11) is 1.64. The molecule has 0 unspecified atom stereocenters. The molecule has 1 saturated heterocycles. The Hall–Kier alpha value is -3.11. The summed E-state index contributed by atoms with van der Waals surface area (Å²) in [6, 6.07) is 26.4. The maximum Gasteiger partial charge on any atom is 0.258 e. The minimum atomic E-state index is 0.0471. The van der Waals surface area contributed by atoms with Gasteiger partial charge < -0.3 is 9.64 Å². The van der Waals surface area contributed by atoms with Gasteiger partial charge in [-0.05, 0) is 61.7 Å². The zero-order chi connectivity index (χ0) is 21.6. The van der Waals surface area contributed by atoms with Crippen LogP contribution in [-0.2, 0) is 6.54 Å². The molecule has 160 valence electrons. The van der Waals surface area contributed by atoms with Gasteiger partial charge in [-0.15, -0.1) is 0 Å². The summed E-state index contributed by atoms with van der Waals surface area (Å²) in [6.45, 7) is 5.05. The summed E-state index contributed by atoms with van der Waals surface area (Å²) in [4.78, 5) is 18.0. The third-order valence-corrected chi connectivity index (χ3v) is 6.04. The number of methoxy groups -OCH3 is 1. The highest BCUT2D eigenvalue weighted by molar-refractivity contribution is 6.06. The lowest BCUT2D eigenvalue weighted by molar-refractivity contribution is 0.0958. The van der Waals surface area contributed by atoms with Crippen molar-refractivity contribution >= 4 is 11.6 Å². The molecule has 31 heavy (non-hydrogen) atoms. The van der Waals surface area contributed by atoms with E-state index in [4.69, 9.17) is 4.74 Å². The van der Waals surface area contributed by atoms with Crippen LogP contribution in [0.1, 0.15) is 34.3 Å². The van der Waals surface area contributed by atoms with Crippen molar-refractivity contribution in [1.29, 1.82) is 0 Å². The Bertz CT molecular complexity index is 976. The fourth-order valence-corrected chi connectivity index (χ4v) is 4.24. The van der Waals surface area contributed by atoms with Crippen molar-refractivity contribution < 1.29 is 9.53 Å². The molecule has 0 aromatic heterocycles. The first-order chi connectivity index (χ1) is 15.1. The summed E-state index contributed by atoms with van der Waals surface area (Å²) in [5.41, 5.74) is 4.28. The van der Waals surface area contributed by atoms with Gasteiger partial charge in [-0.1, -0.05) is 48.0 Å². The number of carbonyl (C=O) groups is 1. The molecular formula is C27H30N2O2. The first-order valence-corrected chi connectivity index (χ1v) is 10.9. The molecule has 4 nitrogen and oxygen atoms in total. The third-order valence-electron chi connectivity index (χ3n) is 6.04. The van der Waals surface area contributed by atoms with Crippen molar-refractivity contribution in [3.63, 3.8) is 0 Å². The van der Waals surface area contributed by atoms with Gasteiger partial charge in [0, 0.05) is 36.9 Å². The molecule has 1 aliphatic heterocycles. The molecule has 0 bridgehead atoms. The first-order valence-electron chi connectivity index (χ1n) is 10.9. The van der Waals surface area contributed by atoms with Crippen LogP contribution < -0.4 is 9.64 Å². The van der Waals surface area contributed by atoms with Crippen molar-refractivity contribution in [1.82, 2.24) is 4.90 Å². The molecule has 0 aliphatic carbocycles. The maximum absolute atomic E-state index is 13.5. The van der Waals surface area contributed by atoms with E-state index in [9.17, 15) is 4.79 Å². The number of nitrogens with zero attached hydrogens (tertiary/aromatic N) is 2. The van der Waals surface area contributed by atoms with E-state index < -0.39 is 0 Å². The molecule has 3 aromatic carbocycles. The second-order valence-corrected chi connectivity index (χ2v) is 8.23. The quantitative estimate of drug-likeness (QED) is 0.548. The minimum absolute atomic E-state index is 0.0471. The molecule has 0 spiro atoms. The van der Waals surface area contributed by atoms with Gasteiger partial charge in [0.1, 0.15) is 5.75 Å². The molecule has 0 radical (unpaired) electrons. The smallest absolute Gasteiger partial charge is 0.258 e. The highest BCUT2D eigenvalue weighted by Gasteiger charge is 2.29. The van der Waals surface area contributed by atoms with Gasteiger partial charge >= 0.3 is 0 Å². The van der Waals surface area contributed by atoms with Crippen molar-refractivity contribution in [3.8, 4) is 5.75 Å². The molecular weight excluding hydrogens is 384 g/mol. The monoisotopic (exact) mass is 414 g/mol. The molecule has 3 aromatic rings. The van der Waals surface area contributed by atoms with Gasteiger partial charge in [-0.2, -0.15) is 0 Å². The number of benzene rings is 3. The molecule has 0 N–H and O–H groups in total. The number of likely N-dealkylation sites (tertiary alicyclic amines) is 1. The lowest BCUT2D eigenvalue weighted by Crippen LogP contribution is -2.47. The van der Waals surface area contributed by atoms with E-state index in [2.05, 4.69) is 36.1 Å². The van der Waals surface area contributed by atoms with Crippen LogP contribution in [0.4, 0.5) is 5.69 Å². The summed E-state index contributed by atoms with van der Waals surface area (Å²) in [6.07, 6.45) is 1.92. The lowest BCUT2D eigenvalue weighted by atomic mass is 10.00. The van der Waals surface area contributed by atoms with Gasteiger partial charge in [0.25, 0.3) is 5.91 Å². The Balaban J connectivity index is 1.48. The average molecular weight is 415 g/mol. The van der Waals surface area contributed by atoms with Crippen molar-refractivity contribution in [2.24, 2.45) is 0 Å². The normalized spacial score (nSPS) is 14.9. The van der Waals surface area contributed by atoms with Crippen LogP contribution in [0.15, 0.2) is 78.9 Å². The number of para-hydroxylation sites is 1. The second-order valence-electron chi connectivity index (χ2n) is 8.23. The molecule has 0 saturated carbocycles. The van der Waals surface area contributed by atoms with E-state index in [0.717, 1.165) is 43.9 Å². The SMILES string of the molecule is COc1ccc(C(=O)N(c2ccccc2)C2CCN(Cc3ccc(C)cc3)CC2)cc1. The van der Waals surface area contributed by atoms with E-state index in [1.807, 2.05) is 59.5 Å². The molecule has 1 amide bonds. The maximum atomic E-state index is 13.5. The number of anilines is 1. The lowest BCUT2D eigenvalue weighted by Gasteiger charge is -2.38.